The summed E-state index contributed by atoms with van der Waals surface area (Å²) in [5, 5.41) is 0. The Bertz CT molecular complexity index is 95.8. The topological polar surface area (TPSA) is 35.2 Å². The van der Waals surface area contributed by atoms with E-state index in [1.807, 2.05) is 0 Å². The molecule has 0 amide bonds. The van der Waals surface area contributed by atoms with Crippen molar-refractivity contribution < 1.29 is 4.74 Å². The van der Waals surface area contributed by atoms with E-state index in [9.17, 15) is 0 Å². The van der Waals surface area contributed by atoms with Crippen LogP contribution in [-0.4, -0.2) is 19.8 Å². The summed E-state index contributed by atoms with van der Waals surface area (Å²) >= 11 is 0. The number of hydrogen-bond donors (Lipinski definition) is 1. The molecule has 0 aromatic heterocycles. The molecule has 74 valence electrons. The highest BCUT2D eigenvalue weighted by Gasteiger charge is 2.04. The smallest absolute Gasteiger partial charge is 0.0464 e. The summed E-state index contributed by atoms with van der Waals surface area (Å²) in [5.74, 6) is 0.752. The van der Waals surface area contributed by atoms with Gasteiger partial charge in [0, 0.05) is 19.8 Å². The average molecular weight is 173 g/mol. The van der Waals surface area contributed by atoms with Crippen molar-refractivity contribution in [3.8, 4) is 0 Å². The molecular formula is C10H23NO. The summed E-state index contributed by atoms with van der Waals surface area (Å²) in [6.45, 7) is 5.29. The molecule has 2 unspecified atom stereocenters. The second-order valence-electron chi connectivity index (χ2n) is 3.63. The second kappa shape index (κ2) is 7.56. The van der Waals surface area contributed by atoms with Gasteiger partial charge in [-0.1, -0.05) is 13.8 Å². The lowest BCUT2D eigenvalue weighted by atomic mass is 9.98. The maximum atomic E-state index is 5.82. The highest BCUT2D eigenvalue weighted by atomic mass is 16.5. The molecule has 0 spiro atoms. The van der Waals surface area contributed by atoms with Crippen LogP contribution in [0.25, 0.3) is 0 Å². The SMILES string of the molecule is CCC(N)CCC(C)CCOC. The molecule has 0 aliphatic rings. The largest absolute Gasteiger partial charge is 0.385 e. The Kier molecular flexibility index (Phi) is 7.51. The lowest BCUT2D eigenvalue weighted by Crippen LogP contribution is -2.19. The summed E-state index contributed by atoms with van der Waals surface area (Å²) in [7, 11) is 1.75. The first-order chi connectivity index (χ1) is 5.70. The maximum Gasteiger partial charge on any atom is 0.0464 e. The average Bonchev–Trinajstić information content (AvgIpc) is 2.10. The normalized spacial score (nSPS) is 16.0. The molecular weight excluding hydrogens is 150 g/mol. The molecule has 0 aromatic carbocycles. The van der Waals surface area contributed by atoms with Crippen molar-refractivity contribution in [2.45, 2.75) is 45.6 Å². The Morgan fingerprint density at radius 3 is 2.42 bits per heavy atom. The molecule has 2 heteroatoms. The molecule has 2 atom stereocenters. The van der Waals surface area contributed by atoms with Crippen molar-refractivity contribution in [3.63, 3.8) is 0 Å². The van der Waals surface area contributed by atoms with Gasteiger partial charge in [0.05, 0.1) is 0 Å². The van der Waals surface area contributed by atoms with E-state index in [1.54, 1.807) is 7.11 Å². The molecule has 0 heterocycles. The van der Waals surface area contributed by atoms with Gasteiger partial charge in [0.15, 0.2) is 0 Å². The predicted molar refractivity (Wildman–Crippen MR) is 53.2 cm³/mol. The van der Waals surface area contributed by atoms with Gasteiger partial charge in [-0.05, 0) is 31.6 Å². The minimum Gasteiger partial charge on any atom is -0.385 e. The first-order valence-electron chi connectivity index (χ1n) is 4.95. The third-order valence-electron chi connectivity index (χ3n) is 2.37. The van der Waals surface area contributed by atoms with E-state index in [0.29, 0.717) is 6.04 Å². The minimum absolute atomic E-state index is 0.398. The van der Waals surface area contributed by atoms with E-state index in [-0.39, 0.29) is 0 Å². The standard InChI is InChI=1S/C10H23NO/c1-4-10(11)6-5-9(2)7-8-12-3/h9-10H,4-8,11H2,1-3H3. The molecule has 2 N–H and O–H groups in total. The Labute approximate surface area is 76.5 Å². The van der Waals surface area contributed by atoms with Gasteiger partial charge in [-0.2, -0.15) is 0 Å². The molecule has 0 saturated heterocycles. The van der Waals surface area contributed by atoms with Gasteiger partial charge < -0.3 is 10.5 Å². The fourth-order valence-electron chi connectivity index (χ4n) is 1.17. The molecule has 0 bridgehead atoms. The second-order valence-corrected chi connectivity index (χ2v) is 3.63. The Balaban J connectivity index is 3.24. The van der Waals surface area contributed by atoms with Crippen molar-refractivity contribution in [2.75, 3.05) is 13.7 Å². The molecule has 0 fully saturated rings. The Morgan fingerprint density at radius 1 is 1.25 bits per heavy atom. The van der Waals surface area contributed by atoms with Gasteiger partial charge in [0.1, 0.15) is 0 Å². The van der Waals surface area contributed by atoms with E-state index in [2.05, 4.69) is 13.8 Å². The van der Waals surface area contributed by atoms with E-state index >= 15 is 0 Å². The van der Waals surface area contributed by atoms with E-state index in [1.165, 1.54) is 6.42 Å². The number of nitrogens with two attached hydrogens (primary N) is 1. The van der Waals surface area contributed by atoms with E-state index < -0.39 is 0 Å². The maximum absolute atomic E-state index is 5.82. The molecule has 0 radical (unpaired) electrons. The van der Waals surface area contributed by atoms with Gasteiger partial charge in [-0.3, -0.25) is 0 Å². The fraction of sp³-hybridized carbons (Fsp3) is 1.00. The van der Waals surface area contributed by atoms with Crippen LogP contribution in [0.4, 0.5) is 0 Å². The lowest BCUT2D eigenvalue weighted by molar-refractivity contribution is 0.177. The first kappa shape index (κ1) is 11.9. The highest BCUT2D eigenvalue weighted by Crippen LogP contribution is 2.12. The zero-order valence-electron chi connectivity index (χ0n) is 8.68. The van der Waals surface area contributed by atoms with Crippen LogP contribution in [0.15, 0.2) is 0 Å². The Hall–Kier alpha value is -0.0800. The fourth-order valence-corrected chi connectivity index (χ4v) is 1.17. The summed E-state index contributed by atoms with van der Waals surface area (Å²) in [6.07, 6.45) is 4.64. The van der Waals surface area contributed by atoms with Crippen molar-refractivity contribution in [1.82, 2.24) is 0 Å². The molecule has 0 aliphatic carbocycles. The van der Waals surface area contributed by atoms with Crippen LogP contribution in [0.3, 0.4) is 0 Å². The quantitative estimate of drug-likeness (QED) is 0.640. The van der Waals surface area contributed by atoms with Gasteiger partial charge in [0.2, 0.25) is 0 Å². The van der Waals surface area contributed by atoms with Crippen LogP contribution in [0.2, 0.25) is 0 Å². The first-order valence-corrected chi connectivity index (χ1v) is 4.95. The van der Waals surface area contributed by atoms with Crippen LogP contribution in [0, 0.1) is 5.92 Å². The van der Waals surface area contributed by atoms with Crippen molar-refractivity contribution in [1.29, 1.82) is 0 Å². The number of methoxy groups -OCH3 is 1. The predicted octanol–water partition coefficient (Wildman–Crippen LogP) is 2.18. The monoisotopic (exact) mass is 173 g/mol. The molecule has 0 aliphatic heterocycles. The summed E-state index contributed by atoms with van der Waals surface area (Å²) in [6, 6.07) is 0.398. The molecule has 0 rings (SSSR count). The Morgan fingerprint density at radius 2 is 1.92 bits per heavy atom. The lowest BCUT2D eigenvalue weighted by Gasteiger charge is -2.13. The van der Waals surface area contributed by atoms with E-state index in [0.717, 1.165) is 31.8 Å². The zero-order valence-corrected chi connectivity index (χ0v) is 8.68. The third-order valence-corrected chi connectivity index (χ3v) is 2.37. The van der Waals surface area contributed by atoms with Gasteiger partial charge in [-0.25, -0.2) is 0 Å². The molecule has 0 saturated carbocycles. The van der Waals surface area contributed by atoms with Crippen LogP contribution >= 0.6 is 0 Å². The zero-order chi connectivity index (χ0) is 9.40. The van der Waals surface area contributed by atoms with Crippen LogP contribution in [0.1, 0.15) is 39.5 Å². The summed E-state index contributed by atoms with van der Waals surface area (Å²) in [4.78, 5) is 0. The number of rotatable bonds is 7. The van der Waals surface area contributed by atoms with Gasteiger partial charge >= 0.3 is 0 Å². The van der Waals surface area contributed by atoms with Crippen molar-refractivity contribution >= 4 is 0 Å². The van der Waals surface area contributed by atoms with Gasteiger partial charge in [0.25, 0.3) is 0 Å². The molecule has 2 nitrogen and oxygen atoms in total. The van der Waals surface area contributed by atoms with Crippen LogP contribution in [0.5, 0.6) is 0 Å². The molecule has 12 heavy (non-hydrogen) atoms. The minimum atomic E-state index is 0.398. The number of ether oxygens (including phenoxy) is 1. The summed E-state index contributed by atoms with van der Waals surface area (Å²) in [5.41, 5.74) is 5.82. The highest BCUT2D eigenvalue weighted by molar-refractivity contribution is 4.61. The van der Waals surface area contributed by atoms with Crippen LogP contribution in [-0.2, 0) is 4.74 Å². The van der Waals surface area contributed by atoms with E-state index in [4.69, 9.17) is 10.5 Å². The van der Waals surface area contributed by atoms with Crippen molar-refractivity contribution in [3.05, 3.63) is 0 Å². The van der Waals surface area contributed by atoms with Gasteiger partial charge in [-0.15, -0.1) is 0 Å². The molecule has 0 aromatic rings. The van der Waals surface area contributed by atoms with Crippen LogP contribution < -0.4 is 5.73 Å². The van der Waals surface area contributed by atoms with Crippen molar-refractivity contribution in [2.24, 2.45) is 11.7 Å². The third kappa shape index (κ3) is 6.62. The number of hydrogen-bond acceptors (Lipinski definition) is 2. The summed E-state index contributed by atoms with van der Waals surface area (Å²) < 4.78 is 5.01.